The second-order valence-corrected chi connectivity index (χ2v) is 4.70. The van der Waals surface area contributed by atoms with Gasteiger partial charge in [0.15, 0.2) is 23.1 Å². The van der Waals surface area contributed by atoms with E-state index in [0.717, 1.165) is 12.1 Å². The number of H-pyrrole nitrogens is 1. The molecule has 3 aromatic rings. The first kappa shape index (κ1) is 12.1. The van der Waals surface area contributed by atoms with Crippen molar-refractivity contribution in [2.24, 2.45) is 0 Å². The van der Waals surface area contributed by atoms with Crippen LogP contribution in [-0.4, -0.2) is 23.2 Å². The van der Waals surface area contributed by atoms with E-state index in [9.17, 15) is 8.78 Å². The van der Waals surface area contributed by atoms with E-state index in [1.54, 1.807) is 6.07 Å². The fourth-order valence-corrected chi connectivity index (χ4v) is 2.39. The predicted molar refractivity (Wildman–Crippen MR) is 72.4 cm³/mol. The molecule has 2 aromatic carbocycles. The van der Waals surface area contributed by atoms with Crippen molar-refractivity contribution in [3.63, 3.8) is 0 Å². The highest BCUT2D eigenvalue weighted by Crippen LogP contribution is 2.39. The first-order valence-corrected chi connectivity index (χ1v) is 6.46. The minimum atomic E-state index is -0.921. The number of aromatic nitrogens is 2. The Morgan fingerprint density at radius 2 is 1.86 bits per heavy atom. The van der Waals surface area contributed by atoms with E-state index in [0.29, 0.717) is 47.1 Å². The Morgan fingerprint density at radius 3 is 2.76 bits per heavy atom. The molecule has 1 aromatic heterocycles. The fraction of sp³-hybridized carbons (Fsp3) is 0.133. The van der Waals surface area contributed by atoms with Gasteiger partial charge in [-0.15, -0.1) is 0 Å². The van der Waals surface area contributed by atoms with E-state index in [1.807, 2.05) is 12.1 Å². The summed E-state index contributed by atoms with van der Waals surface area (Å²) in [5.74, 6) is -0.125. The lowest BCUT2D eigenvalue weighted by Crippen LogP contribution is -2.15. The molecule has 0 bridgehead atoms. The van der Waals surface area contributed by atoms with Crippen LogP contribution in [0, 0.1) is 11.6 Å². The number of ether oxygens (including phenoxy) is 2. The SMILES string of the molecule is Fc1cc2nc(-c3cccc4c3OCCO4)[nH]c2cc1F. The molecule has 0 radical (unpaired) electrons. The average molecular weight is 288 g/mol. The van der Waals surface area contributed by atoms with Crippen molar-refractivity contribution in [1.82, 2.24) is 9.97 Å². The van der Waals surface area contributed by atoms with Gasteiger partial charge in [-0.1, -0.05) is 6.07 Å². The highest BCUT2D eigenvalue weighted by atomic mass is 19.2. The number of aromatic amines is 1. The van der Waals surface area contributed by atoms with E-state index in [2.05, 4.69) is 9.97 Å². The molecule has 2 heterocycles. The summed E-state index contributed by atoms with van der Waals surface area (Å²) in [4.78, 5) is 7.27. The molecule has 21 heavy (non-hydrogen) atoms. The van der Waals surface area contributed by atoms with E-state index >= 15 is 0 Å². The highest BCUT2D eigenvalue weighted by molar-refractivity contribution is 5.81. The maximum atomic E-state index is 13.3. The second-order valence-electron chi connectivity index (χ2n) is 4.70. The molecule has 106 valence electrons. The van der Waals surface area contributed by atoms with Gasteiger partial charge in [-0.2, -0.15) is 0 Å². The number of fused-ring (bicyclic) bond motifs is 2. The van der Waals surface area contributed by atoms with Gasteiger partial charge >= 0.3 is 0 Å². The number of nitrogens with one attached hydrogen (secondary N) is 1. The molecular formula is C15H10F2N2O2. The maximum absolute atomic E-state index is 13.3. The van der Waals surface area contributed by atoms with Crippen molar-refractivity contribution in [2.45, 2.75) is 0 Å². The Balaban J connectivity index is 1.91. The van der Waals surface area contributed by atoms with Crippen LogP contribution in [0.4, 0.5) is 8.78 Å². The average Bonchev–Trinajstić information content (AvgIpc) is 2.90. The third kappa shape index (κ3) is 1.91. The molecule has 0 unspecified atom stereocenters. The van der Waals surface area contributed by atoms with Crippen LogP contribution in [0.3, 0.4) is 0 Å². The largest absolute Gasteiger partial charge is 0.486 e. The Morgan fingerprint density at radius 1 is 1.05 bits per heavy atom. The Bertz CT molecular complexity index is 806. The topological polar surface area (TPSA) is 47.1 Å². The molecule has 0 saturated heterocycles. The molecule has 0 spiro atoms. The van der Waals surface area contributed by atoms with Crippen molar-refractivity contribution < 1.29 is 18.3 Å². The molecule has 0 amide bonds. The molecule has 1 N–H and O–H groups in total. The minimum absolute atomic E-state index is 0.359. The van der Waals surface area contributed by atoms with Crippen molar-refractivity contribution in [2.75, 3.05) is 13.2 Å². The summed E-state index contributed by atoms with van der Waals surface area (Å²) in [6, 6.07) is 7.60. The summed E-state index contributed by atoms with van der Waals surface area (Å²) >= 11 is 0. The van der Waals surface area contributed by atoms with Crippen LogP contribution < -0.4 is 9.47 Å². The highest BCUT2D eigenvalue weighted by Gasteiger charge is 2.19. The van der Waals surface area contributed by atoms with Gasteiger partial charge in [-0.3, -0.25) is 0 Å². The normalized spacial score (nSPS) is 13.6. The lowest BCUT2D eigenvalue weighted by Gasteiger charge is -2.20. The summed E-state index contributed by atoms with van der Waals surface area (Å²) in [6.45, 7) is 0.945. The van der Waals surface area contributed by atoms with Gasteiger partial charge in [0.2, 0.25) is 0 Å². The summed E-state index contributed by atoms with van der Waals surface area (Å²) in [7, 11) is 0. The predicted octanol–water partition coefficient (Wildman–Crippen LogP) is 3.28. The van der Waals surface area contributed by atoms with Gasteiger partial charge in [-0.25, -0.2) is 13.8 Å². The van der Waals surface area contributed by atoms with Crippen LogP contribution in [0.25, 0.3) is 22.4 Å². The Kier molecular flexibility index (Phi) is 2.57. The third-order valence-electron chi connectivity index (χ3n) is 3.35. The van der Waals surface area contributed by atoms with E-state index in [-0.39, 0.29) is 0 Å². The van der Waals surface area contributed by atoms with Gasteiger partial charge < -0.3 is 14.5 Å². The van der Waals surface area contributed by atoms with Gasteiger partial charge in [0, 0.05) is 12.1 Å². The number of benzene rings is 2. The lowest BCUT2D eigenvalue weighted by molar-refractivity contribution is 0.172. The zero-order chi connectivity index (χ0) is 14.4. The number of halogens is 2. The number of imidazole rings is 1. The maximum Gasteiger partial charge on any atom is 0.172 e. The van der Waals surface area contributed by atoms with Gasteiger partial charge in [0.25, 0.3) is 0 Å². The third-order valence-corrected chi connectivity index (χ3v) is 3.35. The molecule has 0 fully saturated rings. The lowest BCUT2D eigenvalue weighted by atomic mass is 10.1. The molecule has 4 rings (SSSR count). The standard InChI is InChI=1S/C15H10F2N2O2/c16-9-6-11-12(7-10(9)17)19-15(18-11)8-2-1-3-13-14(8)21-5-4-20-13/h1-3,6-7H,4-5H2,(H,18,19). The van der Waals surface area contributed by atoms with Crippen molar-refractivity contribution in [3.05, 3.63) is 42.0 Å². The van der Waals surface area contributed by atoms with Crippen LogP contribution in [0.2, 0.25) is 0 Å². The zero-order valence-corrected chi connectivity index (χ0v) is 10.8. The quantitative estimate of drug-likeness (QED) is 0.747. The van der Waals surface area contributed by atoms with E-state index in [1.165, 1.54) is 0 Å². The van der Waals surface area contributed by atoms with Gasteiger partial charge in [0.05, 0.1) is 16.6 Å². The van der Waals surface area contributed by atoms with E-state index in [4.69, 9.17) is 9.47 Å². The Hall–Kier alpha value is -2.63. The number of para-hydroxylation sites is 1. The minimum Gasteiger partial charge on any atom is -0.486 e. The van der Waals surface area contributed by atoms with Crippen LogP contribution in [0.5, 0.6) is 11.5 Å². The van der Waals surface area contributed by atoms with Crippen LogP contribution in [-0.2, 0) is 0 Å². The number of rotatable bonds is 1. The molecular weight excluding hydrogens is 278 g/mol. The molecule has 6 heteroatoms. The van der Waals surface area contributed by atoms with E-state index < -0.39 is 11.6 Å². The Labute approximate surface area is 118 Å². The van der Waals surface area contributed by atoms with Crippen molar-refractivity contribution in [3.8, 4) is 22.9 Å². The zero-order valence-electron chi connectivity index (χ0n) is 10.8. The molecule has 0 saturated carbocycles. The summed E-state index contributed by atoms with van der Waals surface area (Å²) in [5, 5.41) is 0. The molecule has 1 aliphatic rings. The fourth-order valence-electron chi connectivity index (χ4n) is 2.39. The first-order chi connectivity index (χ1) is 10.2. The van der Waals surface area contributed by atoms with Crippen LogP contribution in [0.15, 0.2) is 30.3 Å². The van der Waals surface area contributed by atoms with Crippen molar-refractivity contribution >= 4 is 11.0 Å². The van der Waals surface area contributed by atoms with Crippen LogP contribution >= 0.6 is 0 Å². The summed E-state index contributed by atoms with van der Waals surface area (Å²) in [5.41, 5.74) is 1.49. The van der Waals surface area contributed by atoms with Gasteiger partial charge in [0.1, 0.15) is 19.0 Å². The second kappa shape index (κ2) is 4.44. The van der Waals surface area contributed by atoms with Crippen molar-refractivity contribution in [1.29, 1.82) is 0 Å². The summed E-state index contributed by atoms with van der Waals surface area (Å²) < 4.78 is 37.7. The van der Waals surface area contributed by atoms with Gasteiger partial charge in [-0.05, 0) is 12.1 Å². The molecule has 0 atom stereocenters. The number of hydrogen-bond acceptors (Lipinski definition) is 3. The first-order valence-electron chi connectivity index (χ1n) is 6.46. The molecule has 4 nitrogen and oxygen atoms in total. The number of nitrogens with zero attached hydrogens (tertiary/aromatic N) is 1. The smallest absolute Gasteiger partial charge is 0.172 e. The molecule has 0 aliphatic carbocycles. The van der Waals surface area contributed by atoms with Crippen LogP contribution in [0.1, 0.15) is 0 Å². The monoisotopic (exact) mass is 288 g/mol. The molecule has 1 aliphatic heterocycles. The number of hydrogen-bond donors (Lipinski definition) is 1. The summed E-state index contributed by atoms with van der Waals surface area (Å²) in [6.07, 6.45) is 0.